The van der Waals surface area contributed by atoms with Crippen molar-refractivity contribution in [2.45, 2.75) is 53.4 Å². The summed E-state index contributed by atoms with van der Waals surface area (Å²) in [5.74, 6) is 0. The first-order chi connectivity index (χ1) is 8.95. The molecular weight excluding hydrogens is 232 g/mol. The monoisotopic (exact) mass is 258 g/mol. The number of aldehydes is 1. The highest BCUT2D eigenvalue weighted by molar-refractivity contribution is 5.65. The molecule has 0 fully saturated rings. The van der Waals surface area contributed by atoms with Gasteiger partial charge < -0.3 is 0 Å². The summed E-state index contributed by atoms with van der Waals surface area (Å²) in [6.07, 6.45) is 15.7. The number of rotatable bonds is 4. The molecule has 1 heteroatoms. The lowest BCUT2D eigenvalue weighted by atomic mass is 9.84. The lowest BCUT2D eigenvalue weighted by Crippen LogP contribution is -2.07. The second kappa shape index (κ2) is 7.28. The van der Waals surface area contributed by atoms with Gasteiger partial charge in [-0.1, -0.05) is 50.6 Å². The first kappa shape index (κ1) is 15.7. The van der Waals surface area contributed by atoms with Crippen molar-refractivity contribution in [2.75, 3.05) is 0 Å². The largest absolute Gasteiger partial charge is 0.299 e. The van der Waals surface area contributed by atoms with Gasteiger partial charge in [0, 0.05) is 0 Å². The van der Waals surface area contributed by atoms with Crippen LogP contribution in [0.5, 0.6) is 0 Å². The zero-order valence-corrected chi connectivity index (χ0v) is 12.7. The number of hydrogen-bond acceptors (Lipinski definition) is 1. The standard InChI is InChI=1S/C18H26O/c1-15-9-5-6-10-16(15)12-13-17(18(2,3)4)11-7-8-14-19/h7-8,11-14H,5-6,9-10H2,1-4H3/b8-7+,13-12+,17-11-. The Morgan fingerprint density at radius 3 is 2.37 bits per heavy atom. The molecule has 0 amide bonds. The molecule has 1 nitrogen and oxygen atoms in total. The van der Waals surface area contributed by atoms with Crippen LogP contribution in [-0.4, -0.2) is 6.29 Å². The van der Waals surface area contributed by atoms with Crippen LogP contribution in [0, 0.1) is 5.41 Å². The van der Waals surface area contributed by atoms with Crippen molar-refractivity contribution in [3.05, 3.63) is 47.1 Å². The molecule has 0 aliphatic heterocycles. The Hall–Kier alpha value is -1.37. The molecule has 0 bridgehead atoms. The van der Waals surface area contributed by atoms with Gasteiger partial charge in [0.2, 0.25) is 0 Å². The zero-order chi connectivity index (χ0) is 14.3. The molecular formula is C18H26O. The first-order valence-corrected chi connectivity index (χ1v) is 7.14. The van der Waals surface area contributed by atoms with E-state index in [4.69, 9.17) is 0 Å². The fourth-order valence-electron chi connectivity index (χ4n) is 2.26. The van der Waals surface area contributed by atoms with Gasteiger partial charge >= 0.3 is 0 Å². The summed E-state index contributed by atoms with van der Waals surface area (Å²) >= 11 is 0. The van der Waals surface area contributed by atoms with Crippen LogP contribution in [-0.2, 0) is 4.79 Å². The van der Waals surface area contributed by atoms with Gasteiger partial charge in [0.15, 0.2) is 0 Å². The molecule has 0 aromatic rings. The van der Waals surface area contributed by atoms with Gasteiger partial charge in [-0.05, 0) is 55.2 Å². The molecule has 0 heterocycles. The highest BCUT2D eigenvalue weighted by Gasteiger charge is 2.14. The van der Waals surface area contributed by atoms with Crippen LogP contribution in [0.1, 0.15) is 53.4 Å². The summed E-state index contributed by atoms with van der Waals surface area (Å²) in [6, 6.07) is 0. The molecule has 19 heavy (non-hydrogen) atoms. The Bertz CT molecular complexity index is 425. The third-order valence-electron chi connectivity index (χ3n) is 3.59. The molecule has 0 aromatic heterocycles. The van der Waals surface area contributed by atoms with E-state index in [0.29, 0.717) is 0 Å². The van der Waals surface area contributed by atoms with E-state index in [1.54, 1.807) is 0 Å². The Labute approximate surface area is 117 Å². The Kier molecular flexibility index (Phi) is 6.01. The van der Waals surface area contributed by atoms with Gasteiger partial charge in [-0.3, -0.25) is 4.79 Å². The minimum absolute atomic E-state index is 0.0901. The van der Waals surface area contributed by atoms with Crippen molar-refractivity contribution in [2.24, 2.45) is 5.41 Å². The van der Waals surface area contributed by atoms with Crippen molar-refractivity contribution in [3.63, 3.8) is 0 Å². The van der Waals surface area contributed by atoms with E-state index < -0.39 is 0 Å². The molecule has 0 N–H and O–H groups in total. The molecule has 1 rings (SSSR count). The van der Waals surface area contributed by atoms with Crippen LogP contribution >= 0.6 is 0 Å². The van der Waals surface area contributed by atoms with Gasteiger partial charge in [-0.2, -0.15) is 0 Å². The normalized spacial score (nSPS) is 18.6. The van der Waals surface area contributed by atoms with Crippen molar-refractivity contribution in [1.29, 1.82) is 0 Å². The minimum atomic E-state index is 0.0901. The van der Waals surface area contributed by atoms with Crippen LogP contribution in [0.3, 0.4) is 0 Å². The average Bonchev–Trinajstić information content (AvgIpc) is 2.34. The van der Waals surface area contributed by atoms with Crippen LogP contribution in [0.4, 0.5) is 0 Å². The second-order valence-electron chi connectivity index (χ2n) is 6.24. The third-order valence-corrected chi connectivity index (χ3v) is 3.59. The van der Waals surface area contributed by atoms with Gasteiger partial charge in [-0.15, -0.1) is 0 Å². The summed E-state index contributed by atoms with van der Waals surface area (Å²) in [7, 11) is 0. The third kappa shape index (κ3) is 5.42. The quantitative estimate of drug-likeness (QED) is 0.386. The van der Waals surface area contributed by atoms with E-state index in [9.17, 15) is 4.79 Å². The predicted molar refractivity (Wildman–Crippen MR) is 83.1 cm³/mol. The Morgan fingerprint density at radius 2 is 1.79 bits per heavy atom. The van der Waals surface area contributed by atoms with Crippen LogP contribution < -0.4 is 0 Å². The fourth-order valence-corrected chi connectivity index (χ4v) is 2.26. The molecule has 1 aliphatic rings. The number of allylic oxidation sites excluding steroid dienone is 8. The van der Waals surface area contributed by atoms with E-state index in [-0.39, 0.29) is 5.41 Å². The lowest BCUT2D eigenvalue weighted by molar-refractivity contribution is -0.104. The van der Waals surface area contributed by atoms with Crippen molar-refractivity contribution in [1.82, 2.24) is 0 Å². The SMILES string of the molecule is CC1=C(/C=C/C(=C/C=C/C=O)C(C)(C)C)CCCC1. The maximum absolute atomic E-state index is 10.3. The summed E-state index contributed by atoms with van der Waals surface area (Å²) in [4.78, 5) is 10.3. The van der Waals surface area contributed by atoms with E-state index in [0.717, 1.165) is 6.29 Å². The maximum Gasteiger partial charge on any atom is 0.142 e. The summed E-state index contributed by atoms with van der Waals surface area (Å²) in [5, 5.41) is 0. The number of hydrogen-bond donors (Lipinski definition) is 0. The smallest absolute Gasteiger partial charge is 0.142 e. The van der Waals surface area contributed by atoms with Gasteiger partial charge in [0.1, 0.15) is 6.29 Å². The Morgan fingerprint density at radius 1 is 1.11 bits per heavy atom. The average molecular weight is 258 g/mol. The highest BCUT2D eigenvalue weighted by Crippen LogP contribution is 2.29. The van der Waals surface area contributed by atoms with Crippen molar-refractivity contribution in [3.8, 4) is 0 Å². The molecule has 0 aromatic carbocycles. The number of carbonyl (C=O) groups is 1. The van der Waals surface area contributed by atoms with E-state index in [1.165, 1.54) is 48.5 Å². The van der Waals surface area contributed by atoms with Crippen LogP contribution in [0.2, 0.25) is 0 Å². The molecule has 0 atom stereocenters. The molecule has 0 radical (unpaired) electrons. The van der Waals surface area contributed by atoms with Crippen molar-refractivity contribution >= 4 is 6.29 Å². The molecule has 0 unspecified atom stereocenters. The Balaban J connectivity index is 2.92. The predicted octanol–water partition coefficient (Wildman–Crippen LogP) is 5.16. The fraction of sp³-hybridized carbons (Fsp3) is 0.500. The lowest BCUT2D eigenvalue weighted by Gasteiger charge is -2.21. The van der Waals surface area contributed by atoms with Gasteiger partial charge in [-0.25, -0.2) is 0 Å². The zero-order valence-electron chi connectivity index (χ0n) is 12.7. The molecule has 104 valence electrons. The van der Waals surface area contributed by atoms with Crippen molar-refractivity contribution < 1.29 is 4.79 Å². The minimum Gasteiger partial charge on any atom is -0.299 e. The topological polar surface area (TPSA) is 17.1 Å². The van der Waals surface area contributed by atoms with Gasteiger partial charge in [0.05, 0.1) is 0 Å². The van der Waals surface area contributed by atoms with E-state index in [2.05, 4.69) is 39.8 Å². The maximum atomic E-state index is 10.3. The highest BCUT2D eigenvalue weighted by atomic mass is 16.1. The molecule has 0 spiro atoms. The molecule has 1 aliphatic carbocycles. The second-order valence-corrected chi connectivity index (χ2v) is 6.24. The van der Waals surface area contributed by atoms with E-state index >= 15 is 0 Å². The van der Waals surface area contributed by atoms with Crippen LogP contribution in [0.15, 0.2) is 47.1 Å². The summed E-state index contributed by atoms with van der Waals surface area (Å²) in [5.41, 5.74) is 4.35. The summed E-state index contributed by atoms with van der Waals surface area (Å²) in [6.45, 7) is 8.83. The first-order valence-electron chi connectivity index (χ1n) is 7.14. The van der Waals surface area contributed by atoms with E-state index in [1.807, 2.05) is 12.2 Å². The number of carbonyl (C=O) groups excluding carboxylic acids is 1. The summed E-state index contributed by atoms with van der Waals surface area (Å²) < 4.78 is 0. The van der Waals surface area contributed by atoms with Gasteiger partial charge in [0.25, 0.3) is 0 Å². The molecule has 0 saturated heterocycles. The molecule has 0 saturated carbocycles. The van der Waals surface area contributed by atoms with Crippen LogP contribution in [0.25, 0.3) is 0 Å².